The number of oxazole rings is 1. The first-order valence-corrected chi connectivity index (χ1v) is 15.1. The average Bonchev–Trinajstić information content (AvgIpc) is 3.75. The van der Waals surface area contributed by atoms with Crippen molar-refractivity contribution in [2.45, 2.75) is 36.7 Å². The van der Waals surface area contributed by atoms with Crippen LogP contribution in [0.5, 0.6) is 11.5 Å². The summed E-state index contributed by atoms with van der Waals surface area (Å²) in [5.41, 5.74) is 2.69. The minimum atomic E-state index is -2.11. The lowest BCUT2D eigenvalue weighted by Gasteiger charge is -2.30. The summed E-state index contributed by atoms with van der Waals surface area (Å²) in [6.07, 6.45) is 1.93. The third-order valence-corrected chi connectivity index (χ3v) is 8.95. The quantitative estimate of drug-likeness (QED) is 0.188. The summed E-state index contributed by atoms with van der Waals surface area (Å²) in [5, 5.41) is 15.2. The van der Waals surface area contributed by atoms with E-state index in [1.165, 1.54) is 32.2 Å². The summed E-state index contributed by atoms with van der Waals surface area (Å²) >= 11 is 0. The molecule has 2 aromatic heterocycles. The molecule has 5 aromatic rings. The number of aliphatic hydroxyl groups is 1. The van der Waals surface area contributed by atoms with Gasteiger partial charge in [-0.3, -0.25) is 9.59 Å². The Morgan fingerprint density at radius 3 is 2.48 bits per heavy atom. The van der Waals surface area contributed by atoms with Crippen molar-refractivity contribution in [2.75, 3.05) is 20.3 Å². The van der Waals surface area contributed by atoms with E-state index in [4.69, 9.17) is 19.6 Å². The molecule has 0 unspecified atom stereocenters. The van der Waals surface area contributed by atoms with Gasteiger partial charge in [0, 0.05) is 28.7 Å². The highest BCUT2D eigenvalue weighted by Gasteiger charge is 2.46. The van der Waals surface area contributed by atoms with Crippen LogP contribution >= 0.6 is 0 Å². The Hall–Kier alpha value is -5.43. The first-order chi connectivity index (χ1) is 22.9. The maximum absolute atomic E-state index is 15.2. The van der Waals surface area contributed by atoms with Crippen molar-refractivity contribution in [2.24, 2.45) is 5.73 Å². The molecule has 3 heterocycles. The van der Waals surface area contributed by atoms with E-state index in [1.54, 1.807) is 30.3 Å². The normalized spacial score (nSPS) is 18.2. The molecule has 1 saturated carbocycles. The van der Waals surface area contributed by atoms with Crippen molar-refractivity contribution >= 4 is 22.9 Å². The summed E-state index contributed by atoms with van der Waals surface area (Å²) in [7, 11) is 1.45. The number of aromatic nitrogens is 2. The number of pyridine rings is 1. The Morgan fingerprint density at radius 1 is 1.06 bits per heavy atom. The molecule has 0 radical (unpaired) electrons. The van der Waals surface area contributed by atoms with Gasteiger partial charge >= 0.3 is 0 Å². The number of fused-ring (bicyclic) bond motifs is 2. The molecule has 246 valence electrons. The topological polar surface area (TPSA) is 150 Å². The molecular formula is C35H29F3N4O6. The van der Waals surface area contributed by atoms with Crippen LogP contribution in [0.1, 0.15) is 58.8 Å². The van der Waals surface area contributed by atoms with Gasteiger partial charge in [0.1, 0.15) is 40.6 Å². The molecule has 1 aliphatic carbocycles. The van der Waals surface area contributed by atoms with Crippen LogP contribution < -0.4 is 20.5 Å². The molecule has 7 rings (SSSR count). The van der Waals surface area contributed by atoms with Gasteiger partial charge in [-0.1, -0.05) is 30.3 Å². The van der Waals surface area contributed by atoms with E-state index in [9.17, 15) is 23.5 Å². The lowest BCUT2D eigenvalue weighted by molar-refractivity contribution is -0.123. The molecule has 0 saturated heterocycles. The Morgan fingerprint density at radius 2 is 1.79 bits per heavy atom. The van der Waals surface area contributed by atoms with E-state index in [1.807, 2.05) is 0 Å². The summed E-state index contributed by atoms with van der Waals surface area (Å²) in [6, 6.07) is 13.6. The highest BCUT2D eigenvalue weighted by atomic mass is 19.2. The number of nitrogens with zero attached hydrogens (tertiary/aromatic N) is 2. The number of nitrogens with two attached hydrogens (primary N) is 1. The number of benzene rings is 3. The largest absolute Gasteiger partial charge is 0.494 e. The number of hydrogen-bond acceptors (Lipinski definition) is 8. The second-order valence-electron chi connectivity index (χ2n) is 12.2. The van der Waals surface area contributed by atoms with Crippen molar-refractivity contribution in [1.29, 1.82) is 0 Å². The van der Waals surface area contributed by atoms with Crippen molar-refractivity contribution in [3.05, 3.63) is 106 Å². The maximum atomic E-state index is 15.2. The number of rotatable bonds is 9. The third kappa shape index (κ3) is 5.10. The predicted molar refractivity (Wildman–Crippen MR) is 166 cm³/mol. The molecule has 0 spiro atoms. The van der Waals surface area contributed by atoms with E-state index in [-0.39, 0.29) is 46.4 Å². The number of hydrogen-bond donors (Lipinski definition) is 3. The van der Waals surface area contributed by atoms with Crippen LogP contribution in [-0.4, -0.2) is 47.2 Å². The van der Waals surface area contributed by atoms with Crippen LogP contribution in [0.3, 0.4) is 0 Å². The van der Waals surface area contributed by atoms with Crippen LogP contribution in [0.4, 0.5) is 13.2 Å². The monoisotopic (exact) mass is 658 g/mol. The summed E-state index contributed by atoms with van der Waals surface area (Å²) in [4.78, 5) is 35.4. The average molecular weight is 659 g/mol. The van der Waals surface area contributed by atoms with Crippen LogP contribution in [0.2, 0.25) is 0 Å². The number of ether oxygens (including phenoxy) is 2. The molecule has 10 nitrogen and oxygen atoms in total. The Kier molecular flexibility index (Phi) is 7.39. The van der Waals surface area contributed by atoms with Gasteiger partial charge < -0.3 is 30.0 Å². The zero-order valence-electron chi connectivity index (χ0n) is 25.8. The molecule has 48 heavy (non-hydrogen) atoms. The number of nitrogens with one attached hydrogen (secondary N) is 1. The number of halogens is 3. The van der Waals surface area contributed by atoms with Crippen molar-refractivity contribution < 1.29 is 41.8 Å². The van der Waals surface area contributed by atoms with Gasteiger partial charge in [-0.2, -0.15) is 0 Å². The number of primary amides is 1. The molecule has 1 aliphatic heterocycles. The van der Waals surface area contributed by atoms with Gasteiger partial charge in [0.25, 0.3) is 5.91 Å². The minimum Gasteiger partial charge on any atom is -0.494 e. The molecule has 13 heteroatoms. The first-order valence-electron chi connectivity index (χ1n) is 15.1. The van der Waals surface area contributed by atoms with E-state index in [0.29, 0.717) is 34.9 Å². The smallest absolute Gasteiger partial charge is 0.251 e. The Bertz CT molecular complexity index is 2120. The number of carbonyl (C=O) groups is 2. The number of methoxy groups -OCH3 is 1. The van der Waals surface area contributed by atoms with Crippen LogP contribution in [0.15, 0.2) is 65.1 Å². The number of amides is 2. The molecule has 0 bridgehead atoms. The molecular weight excluding hydrogens is 629 g/mol. The fourth-order valence-corrected chi connectivity index (χ4v) is 5.86. The summed E-state index contributed by atoms with van der Waals surface area (Å²) in [6.45, 7) is 0.775. The minimum absolute atomic E-state index is 0.0811. The van der Waals surface area contributed by atoms with Gasteiger partial charge in [0.15, 0.2) is 28.6 Å². The highest BCUT2D eigenvalue weighted by Crippen LogP contribution is 2.47. The Labute approximate surface area is 271 Å². The van der Waals surface area contributed by atoms with E-state index in [0.717, 1.165) is 12.8 Å². The third-order valence-electron chi connectivity index (χ3n) is 8.95. The fraction of sp³-hybridized carbons (Fsp3) is 0.257. The molecule has 2 atom stereocenters. The second kappa shape index (κ2) is 11.4. The van der Waals surface area contributed by atoms with Crippen molar-refractivity contribution in [3.63, 3.8) is 0 Å². The maximum Gasteiger partial charge on any atom is 0.251 e. The SMILES string of the molecule is COc1cc(C(=O)NC[C@@](O)(c2ccccc2)c2cc3c(c(-c4cc(F)c(F)cc4F)n2)OC[C@]3(C)C(N)=O)cc2oc(C3CC3)nc12. The van der Waals surface area contributed by atoms with Crippen LogP contribution in [0, 0.1) is 17.5 Å². The predicted octanol–water partition coefficient (Wildman–Crippen LogP) is 4.99. The standard InChI is InChI=1S/C35H29F3N4O6/c1-34(33(39)44)16-47-30-21(34)13-27(41-28(30)20-12-23(37)24(38)14-22(20)36)35(45,19-6-4-3-5-7-19)15-40-31(43)18-10-25(46-2)29-26(11-18)48-32(42-29)17-8-9-17/h3-7,10-14,17,45H,8-9,15-16H2,1-2H3,(H2,39,44)(H,40,43)/t34-,35+/m0/s1. The van der Waals surface area contributed by atoms with Crippen LogP contribution in [0.25, 0.3) is 22.4 Å². The van der Waals surface area contributed by atoms with E-state index in [2.05, 4.69) is 15.3 Å². The Balaban J connectivity index is 1.34. The zero-order valence-corrected chi connectivity index (χ0v) is 25.8. The number of carbonyl (C=O) groups excluding carboxylic acids is 2. The molecule has 2 amide bonds. The van der Waals surface area contributed by atoms with Crippen LogP contribution in [-0.2, 0) is 15.8 Å². The van der Waals surface area contributed by atoms with Gasteiger partial charge in [-0.25, -0.2) is 23.1 Å². The zero-order chi connectivity index (χ0) is 34.0. The van der Waals surface area contributed by atoms with Gasteiger partial charge in [0.05, 0.1) is 19.3 Å². The second-order valence-corrected chi connectivity index (χ2v) is 12.2. The van der Waals surface area contributed by atoms with Gasteiger partial charge in [-0.15, -0.1) is 0 Å². The molecule has 1 fully saturated rings. The molecule has 4 N–H and O–H groups in total. The highest BCUT2D eigenvalue weighted by molar-refractivity contribution is 5.99. The van der Waals surface area contributed by atoms with Gasteiger partial charge in [-0.05, 0) is 49.6 Å². The molecule has 3 aromatic carbocycles. The van der Waals surface area contributed by atoms with Crippen molar-refractivity contribution in [1.82, 2.24) is 15.3 Å². The van der Waals surface area contributed by atoms with Gasteiger partial charge in [0.2, 0.25) is 5.91 Å². The van der Waals surface area contributed by atoms with E-state index >= 15 is 4.39 Å². The lowest BCUT2D eigenvalue weighted by atomic mass is 9.80. The molecule has 2 aliphatic rings. The van der Waals surface area contributed by atoms with E-state index < -0.39 is 52.4 Å². The van der Waals surface area contributed by atoms with Crippen molar-refractivity contribution in [3.8, 4) is 22.8 Å². The fourth-order valence-electron chi connectivity index (χ4n) is 5.86. The first kappa shape index (κ1) is 31.2. The summed E-state index contributed by atoms with van der Waals surface area (Å²) < 4.78 is 60.8. The summed E-state index contributed by atoms with van der Waals surface area (Å²) in [5.74, 6) is -4.26. The lowest BCUT2D eigenvalue weighted by Crippen LogP contribution is -2.43.